The molecule has 31 heavy (non-hydrogen) atoms. The summed E-state index contributed by atoms with van der Waals surface area (Å²) >= 11 is 5.96. The van der Waals surface area contributed by atoms with Gasteiger partial charge in [-0.2, -0.15) is 0 Å². The number of hydrogen-bond donors (Lipinski definition) is 1. The number of benzene rings is 4. The summed E-state index contributed by atoms with van der Waals surface area (Å²) in [6.07, 6.45) is 0. The second-order valence-electron chi connectivity index (χ2n) is 8.37. The van der Waals surface area contributed by atoms with Crippen molar-refractivity contribution in [2.75, 3.05) is 5.32 Å². The van der Waals surface area contributed by atoms with Crippen molar-refractivity contribution in [3.05, 3.63) is 126 Å². The van der Waals surface area contributed by atoms with Gasteiger partial charge in [-0.25, -0.2) is 0 Å². The lowest BCUT2D eigenvalue weighted by molar-refractivity contribution is 0.460. The third-order valence-electron chi connectivity index (χ3n) is 5.82. The number of hydrogen-bond acceptors (Lipinski definition) is 1. The van der Waals surface area contributed by atoms with E-state index in [9.17, 15) is 0 Å². The van der Waals surface area contributed by atoms with E-state index >= 15 is 0 Å². The molecule has 4 rings (SSSR count). The van der Waals surface area contributed by atoms with Crippen LogP contribution in [0.15, 0.2) is 115 Å². The Balaban J connectivity index is 1.60. The summed E-state index contributed by atoms with van der Waals surface area (Å²) < 4.78 is 0. The second kappa shape index (κ2) is 9.28. The molecule has 0 spiro atoms. The van der Waals surface area contributed by atoms with E-state index in [-0.39, 0.29) is 11.3 Å². The summed E-state index contributed by atoms with van der Waals surface area (Å²) in [5, 5.41) is 3.51. The first-order chi connectivity index (χ1) is 15.1. The van der Waals surface area contributed by atoms with E-state index in [1.54, 1.807) is 0 Å². The molecule has 0 radical (unpaired) electrons. The van der Waals surface area contributed by atoms with E-state index in [1.807, 2.05) is 6.07 Å². The van der Waals surface area contributed by atoms with E-state index in [1.165, 1.54) is 22.3 Å². The third-order valence-corrected chi connectivity index (χ3v) is 6.45. The van der Waals surface area contributed by atoms with Gasteiger partial charge in [0.1, 0.15) is 0 Å². The molecule has 0 atom stereocenters. The van der Waals surface area contributed by atoms with Crippen LogP contribution in [0, 0.1) is 5.41 Å². The lowest BCUT2D eigenvalue weighted by Crippen LogP contribution is -2.35. The minimum atomic E-state index is -0.282. The molecule has 0 saturated carbocycles. The molecule has 0 aromatic heterocycles. The minimum absolute atomic E-state index is 0.151. The minimum Gasteiger partial charge on any atom is -0.350 e. The summed E-state index contributed by atoms with van der Waals surface area (Å²) in [7, 11) is 0. The predicted octanol–water partition coefficient (Wildman–Crippen LogP) is 7.95. The maximum Gasteiger partial charge on any atom is 0.0863 e. The molecule has 0 aliphatic heterocycles. The highest BCUT2D eigenvalue weighted by Gasteiger charge is 2.36. The van der Waals surface area contributed by atoms with Crippen molar-refractivity contribution in [3.63, 3.8) is 0 Å². The zero-order valence-electron chi connectivity index (χ0n) is 18.0. The van der Waals surface area contributed by atoms with Gasteiger partial charge in [0.05, 0.1) is 4.99 Å². The average molecular weight is 422 g/mol. The van der Waals surface area contributed by atoms with Gasteiger partial charge in [0, 0.05) is 17.0 Å². The summed E-state index contributed by atoms with van der Waals surface area (Å²) in [5.41, 5.74) is 5.67. The standard InChI is InChI=1S/C29H27NS/c1-29(2,27(24-14-8-4-9-15-24)25-16-10-5-11-17-25)28(31)30-26-20-18-23(19-21-26)22-12-6-3-7-13-22/h3-21,27H,1-2H3,(H,30,31). The zero-order chi connectivity index (χ0) is 21.7. The van der Waals surface area contributed by atoms with Crippen LogP contribution in [0.5, 0.6) is 0 Å². The molecule has 1 N–H and O–H groups in total. The number of anilines is 1. The van der Waals surface area contributed by atoms with E-state index < -0.39 is 0 Å². The summed E-state index contributed by atoms with van der Waals surface area (Å²) in [5.74, 6) is 0.151. The van der Waals surface area contributed by atoms with Crippen LogP contribution in [-0.4, -0.2) is 4.99 Å². The molecule has 0 unspecified atom stereocenters. The summed E-state index contributed by atoms with van der Waals surface area (Å²) in [6.45, 7) is 4.46. The molecule has 4 aromatic rings. The Bertz CT molecular complexity index is 1080. The Kier molecular flexibility index (Phi) is 6.29. The molecule has 1 nitrogen and oxygen atoms in total. The molecule has 0 fully saturated rings. The molecular weight excluding hydrogens is 394 g/mol. The van der Waals surface area contributed by atoms with Gasteiger partial charge >= 0.3 is 0 Å². The van der Waals surface area contributed by atoms with Gasteiger partial charge in [-0.1, -0.05) is 129 Å². The van der Waals surface area contributed by atoms with E-state index in [4.69, 9.17) is 12.2 Å². The Hall–Kier alpha value is -3.23. The first kappa shape index (κ1) is 21.0. The smallest absolute Gasteiger partial charge is 0.0863 e. The molecule has 0 aliphatic rings. The molecule has 4 aromatic carbocycles. The van der Waals surface area contributed by atoms with Crippen LogP contribution in [-0.2, 0) is 0 Å². The normalized spacial score (nSPS) is 11.3. The lowest BCUT2D eigenvalue weighted by atomic mass is 9.71. The first-order valence-electron chi connectivity index (χ1n) is 10.6. The van der Waals surface area contributed by atoms with Crippen LogP contribution in [0.1, 0.15) is 30.9 Å². The Morgan fingerprint density at radius 1 is 0.613 bits per heavy atom. The highest BCUT2D eigenvalue weighted by atomic mass is 32.1. The van der Waals surface area contributed by atoms with Crippen LogP contribution in [0.2, 0.25) is 0 Å². The summed E-state index contributed by atoms with van der Waals surface area (Å²) in [6, 6.07) is 40.2. The molecule has 2 heteroatoms. The van der Waals surface area contributed by atoms with Gasteiger partial charge in [-0.05, 0) is 34.4 Å². The fourth-order valence-corrected chi connectivity index (χ4v) is 4.35. The quantitative estimate of drug-likeness (QED) is 0.317. The van der Waals surface area contributed by atoms with Crippen LogP contribution >= 0.6 is 12.2 Å². The highest BCUT2D eigenvalue weighted by molar-refractivity contribution is 7.80. The number of nitrogens with one attached hydrogen (secondary N) is 1. The van der Waals surface area contributed by atoms with Crippen LogP contribution < -0.4 is 5.32 Å². The molecule has 0 bridgehead atoms. The number of thiocarbonyl (C=S) groups is 1. The van der Waals surface area contributed by atoms with Crippen molar-refractivity contribution in [2.24, 2.45) is 5.41 Å². The van der Waals surface area contributed by atoms with Crippen molar-refractivity contribution in [2.45, 2.75) is 19.8 Å². The second-order valence-corrected chi connectivity index (χ2v) is 8.78. The third kappa shape index (κ3) is 4.76. The van der Waals surface area contributed by atoms with Crippen LogP contribution in [0.4, 0.5) is 5.69 Å². The largest absolute Gasteiger partial charge is 0.350 e. The van der Waals surface area contributed by atoms with Crippen LogP contribution in [0.3, 0.4) is 0 Å². The highest BCUT2D eigenvalue weighted by Crippen LogP contribution is 2.42. The van der Waals surface area contributed by atoms with Gasteiger partial charge < -0.3 is 5.32 Å². The maximum absolute atomic E-state index is 5.96. The Morgan fingerprint density at radius 3 is 1.52 bits per heavy atom. The average Bonchev–Trinajstić information content (AvgIpc) is 2.81. The van der Waals surface area contributed by atoms with Gasteiger partial charge in [0.2, 0.25) is 0 Å². The first-order valence-corrected chi connectivity index (χ1v) is 11.0. The van der Waals surface area contributed by atoms with Crippen molar-refractivity contribution >= 4 is 22.9 Å². The van der Waals surface area contributed by atoms with Crippen molar-refractivity contribution in [1.29, 1.82) is 0 Å². The predicted molar refractivity (Wildman–Crippen MR) is 137 cm³/mol. The molecule has 0 aliphatic carbocycles. The van der Waals surface area contributed by atoms with Crippen molar-refractivity contribution in [3.8, 4) is 11.1 Å². The number of rotatable bonds is 6. The molecule has 154 valence electrons. The van der Waals surface area contributed by atoms with Gasteiger partial charge in [-0.3, -0.25) is 0 Å². The Morgan fingerprint density at radius 2 is 1.03 bits per heavy atom. The summed E-state index contributed by atoms with van der Waals surface area (Å²) in [4.78, 5) is 0.831. The molecule has 0 amide bonds. The lowest BCUT2D eigenvalue weighted by Gasteiger charge is -2.36. The fourth-order valence-electron chi connectivity index (χ4n) is 4.12. The monoisotopic (exact) mass is 421 g/mol. The topological polar surface area (TPSA) is 12.0 Å². The molecule has 0 saturated heterocycles. The van der Waals surface area contributed by atoms with Gasteiger partial charge in [0.15, 0.2) is 0 Å². The van der Waals surface area contributed by atoms with Gasteiger partial charge in [-0.15, -0.1) is 0 Å². The fraction of sp³-hybridized carbons (Fsp3) is 0.138. The van der Waals surface area contributed by atoms with Crippen LogP contribution in [0.25, 0.3) is 11.1 Å². The van der Waals surface area contributed by atoms with E-state index in [0.29, 0.717) is 0 Å². The van der Waals surface area contributed by atoms with Crippen molar-refractivity contribution in [1.82, 2.24) is 0 Å². The SMILES string of the molecule is CC(C)(C(=S)Nc1ccc(-c2ccccc2)cc1)C(c1ccccc1)c1ccccc1. The van der Waals surface area contributed by atoms with Crippen molar-refractivity contribution < 1.29 is 0 Å². The molecular formula is C29H27NS. The Labute approximate surface area is 190 Å². The van der Waals surface area contributed by atoms with E-state index in [0.717, 1.165) is 10.7 Å². The van der Waals surface area contributed by atoms with Gasteiger partial charge in [0.25, 0.3) is 0 Å². The van der Waals surface area contributed by atoms with E-state index in [2.05, 4.69) is 128 Å². The zero-order valence-corrected chi connectivity index (χ0v) is 18.8. The maximum atomic E-state index is 5.96. The molecule has 0 heterocycles.